The summed E-state index contributed by atoms with van der Waals surface area (Å²) in [6, 6.07) is 3.61. The summed E-state index contributed by atoms with van der Waals surface area (Å²) in [6.45, 7) is 0. The van der Waals surface area contributed by atoms with Gasteiger partial charge in [0.05, 0.1) is 0 Å². The average Bonchev–Trinajstić information content (AvgIpc) is 2.14. The zero-order valence-corrected chi connectivity index (χ0v) is 5.40. The van der Waals surface area contributed by atoms with Crippen LogP contribution >= 0.6 is 12.6 Å². The highest BCUT2D eigenvalue weighted by atomic mass is 32.1. The maximum absolute atomic E-state index is 4.99. The maximum atomic E-state index is 4.99. The van der Waals surface area contributed by atoms with Crippen LogP contribution in [-0.4, -0.2) is 7.05 Å². The first-order valence-corrected chi connectivity index (χ1v) is 2.74. The molecule has 0 unspecified atom stereocenters. The summed E-state index contributed by atoms with van der Waals surface area (Å²) in [4.78, 5) is 0. The number of anilines is 1. The zero-order chi connectivity index (χ0) is 5.98. The van der Waals surface area contributed by atoms with Gasteiger partial charge in [0.2, 0.25) is 0 Å². The topological polar surface area (TPSA) is 25.2 Å². The Hall–Kier alpha value is -0.570. The van der Waals surface area contributed by atoms with E-state index in [-0.39, 0.29) is 0 Å². The van der Waals surface area contributed by atoms with Gasteiger partial charge in [-0.2, -0.15) is 0 Å². The fraction of sp³-hybridized carbons (Fsp3) is 0.200. The Morgan fingerprint density at radius 2 is 2.38 bits per heavy atom. The molecule has 44 valence electrons. The van der Waals surface area contributed by atoms with Gasteiger partial charge in [-0.05, 0) is 6.07 Å². The molecule has 0 bridgehead atoms. The van der Waals surface area contributed by atoms with Gasteiger partial charge in [0.15, 0.2) is 11.0 Å². The summed E-state index contributed by atoms with van der Waals surface area (Å²) in [5, 5.41) is 3.47. The SMILES string of the molecule is CNc1ccc(S)o1. The van der Waals surface area contributed by atoms with Crippen LogP contribution in [0.3, 0.4) is 0 Å². The van der Waals surface area contributed by atoms with Crippen molar-refractivity contribution in [3.8, 4) is 0 Å². The van der Waals surface area contributed by atoms with Gasteiger partial charge in [-0.25, -0.2) is 0 Å². The van der Waals surface area contributed by atoms with E-state index in [0.29, 0.717) is 5.09 Å². The lowest BCUT2D eigenvalue weighted by Gasteiger charge is -1.87. The lowest BCUT2D eigenvalue weighted by atomic mass is 10.6. The van der Waals surface area contributed by atoms with Gasteiger partial charge in [0.1, 0.15) is 0 Å². The highest BCUT2D eigenvalue weighted by Crippen LogP contribution is 2.14. The fourth-order valence-corrected chi connectivity index (χ4v) is 0.635. The molecule has 0 aromatic carbocycles. The molecule has 1 N–H and O–H groups in total. The van der Waals surface area contributed by atoms with E-state index in [1.54, 1.807) is 13.1 Å². The minimum atomic E-state index is 0.634. The number of nitrogens with one attached hydrogen (secondary N) is 1. The summed E-state index contributed by atoms with van der Waals surface area (Å²) in [6.07, 6.45) is 0. The zero-order valence-electron chi connectivity index (χ0n) is 4.51. The summed E-state index contributed by atoms with van der Waals surface area (Å²) in [7, 11) is 1.80. The molecule has 0 atom stereocenters. The Morgan fingerprint density at radius 3 is 2.62 bits per heavy atom. The van der Waals surface area contributed by atoms with E-state index in [0.717, 1.165) is 5.88 Å². The molecule has 0 aliphatic carbocycles. The smallest absolute Gasteiger partial charge is 0.194 e. The first-order valence-electron chi connectivity index (χ1n) is 2.29. The molecular formula is C5H7NOS. The van der Waals surface area contributed by atoms with E-state index >= 15 is 0 Å². The van der Waals surface area contributed by atoms with Crippen LogP contribution in [0.2, 0.25) is 0 Å². The molecule has 0 aliphatic heterocycles. The van der Waals surface area contributed by atoms with Crippen LogP contribution in [0.4, 0.5) is 5.88 Å². The van der Waals surface area contributed by atoms with E-state index in [9.17, 15) is 0 Å². The van der Waals surface area contributed by atoms with Gasteiger partial charge in [-0.15, -0.1) is 12.6 Å². The van der Waals surface area contributed by atoms with Crippen molar-refractivity contribution in [1.29, 1.82) is 0 Å². The van der Waals surface area contributed by atoms with E-state index in [2.05, 4.69) is 17.9 Å². The van der Waals surface area contributed by atoms with Gasteiger partial charge in [-0.3, -0.25) is 0 Å². The lowest BCUT2D eigenvalue weighted by Crippen LogP contribution is -1.81. The number of furan rings is 1. The third kappa shape index (κ3) is 0.980. The molecule has 0 spiro atoms. The van der Waals surface area contributed by atoms with Crippen LogP contribution in [0.5, 0.6) is 0 Å². The molecule has 3 heteroatoms. The molecule has 0 amide bonds. The molecule has 0 aliphatic rings. The van der Waals surface area contributed by atoms with Gasteiger partial charge < -0.3 is 9.73 Å². The first kappa shape index (κ1) is 5.56. The molecule has 1 heterocycles. The second-order valence-corrected chi connectivity index (χ2v) is 1.83. The van der Waals surface area contributed by atoms with Gasteiger partial charge in [0.25, 0.3) is 0 Å². The number of rotatable bonds is 1. The van der Waals surface area contributed by atoms with Crippen molar-refractivity contribution in [2.45, 2.75) is 5.09 Å². The van der Waals surface area contributed by atoms with Crippen LogP contribution < -0.4 is 5.32 Å². The molecule has 0 saturated heterocycles. The molecule has 0 radical (unpaired) electrons. The molecule has 0 saturated carbocycles. The standard InChI is InChI=1S/C5H7NOS/c1-6-4-2-3-5(8)7-4/h2-3,6,8H,1H3. The second kappa shape index (κ2) is 2.13. The number of hydrogen-bond acceptors (Lipinski definition) is 3. The Labute approximate surface area is 53.3 Å². The third-order valence-corrected chi connectivity index (χ3v) is 1.08. The first-order chi connectivity index (χ1) is 3.83. The Morgan fingerprint density at radius 1 is 1.62 bits per heavy atom. The van der Waals surface area contributed by atoms with E-state index < -0.39 is 0 Å². The lowest BCUT2D eigenvalue weighted by molar-refractivity contribution is 0.491. The van der Waals surface area contributed by atoms with Gasteiger partial charge >= 0.3 is 0 Å². The van der Waals surface area contributed by atoms with E-state index in [1.165, 1.54) is 0 Å². The second-order valence-electron chi connectivity index (χ2n) is 1.39. The van der Waals surface area contributed by atoms with Crippen molar-refractivity contribution in [2.75, 3.05) is 12.4 Å². The summed E-state index contributed by atoms with van der Waals surface area (Å²) < 4.78 is 4.99. The predicted molar refractivity (Wildman–Crippen MR) is 35.5 cm³/mol. The van der Waals surface area contributed by atoms with E-state index in [4.69, 9.17) is 4.42 Å². The molecule has 1 aromatic rings. The molecule has 8 heavy (non-hydrogen) atoms. The normalized spacial score (nSPS) is 9.25. The van der Waals surface area contributed by atoms with Crippen molar-refractivity contribution < 1.29 is 4.42 Å². The average molecular weight is 129 g/mol. The van der Waals surface area contributed by atoms with Gasteiger partial charge in [0, 0.05) is 13.1 Å². The summed E-state index contributed by atoms with van der Waals surface area (Å²) in [5.41, 5.74) is 0. The van der Waals surface area contributed by atoms with Crippen LogP contribution in [-0.2, 0) is 0 Å². The fourth-order valence-electron chi connectivity index (χ4n) is 0.462. The molecule has 1 aromatic heterocycles. The van der Waals surface area contributed by atoms with Crippen LogP contribution in [0.15, 0.2) is 21.6 Å². The van der Waals surface area contributed by atoms with Crippen molar-refractivity contribution in [1.82, 2.24) is 0 Å². The molecule has 1 rings (SSSR count). The maximum Gasteiger partial charge on any atom is 0.194 e. The van der Waals surface area contributed by atoms with Crippen LogP contribution in [0, 0.1) is 0 Å². The Kier molecular flexibility index (Phi) is 1.48. The Balaban J connectivity index is 2.84. The van der Waals surface area contributed by atoms with Crippen molar-refractivity contribution in [2.24, 2.45) is 0 Å². The molecule has 0 fully saturated rings. The summed E-state index contributed by atoms with van der Waals surface area (Å²) in [5.74, 6) is 0.745. The van der Waals surface area contributed by atoms with Crippen molar-refractivity contribution in [3.63, 3.8) is 0 Å². The van der Waals surface area contributed by atoms with Crippen LogP contribution in [0.25, 0.3) is 0 Å². The largest absolute Gasteiger partial charge is 0.435 e. The monoisotopic (exact) mass is 129 g/mol. The Bertz CT molecular complexity index is 173. The molecule has 2 nitrogen and oxygen atoms in total. The minimum Gasteiger partial charge on any atom is -0.435 e. The van der Waals surface area contributed by atoms with Crippen molar-refractivity contribution in [3.05, 3.63) is 12.1 Å². The van der Waals surface area contributed by atoms with Crippen molar-refractivity contribution >= 4 is 18.5 Å². The summed E-state index contributed by atoms with van der Waals surface area (Å²) >= 11 is 3.95. The van der Waals surface area contributed by atoms with Gasteiger partial charge in [-0.1, -0.05) is 0 Å². The number of thiol groups is 1. The number of hydrogen-bond donors (Lipinski definition) is 2. The highest BCUT2D eigenvalue weighted by Gasteiger charge is 1.91. The quantitative estimate of drug-likeness (QED) is 0.563. The predicted octanol–water partition coefficient (Wildman–Crippen LogP) is 1.61. The highest BCUT2D eigenvalue weighted by molar-refractivity contribution is 7.80. The minimum absolute atomic E-state index is 0.634. The van der Waals surface area contributed by atoms with Crippen LogP contribution in [0.1, 0.15) is 0 Å². The third-order valence-electron chi connectivity index (χ3n) is 0.838. The molecular weight excluding hydrogens is 122 g/mol. The van der Waals surface area contributed by atoms with E-state index in [1.807, 2.05) is 6.07 Å².